The third-order valence-electron chi connectivity index (χ3n) is 3.80. The number of carbonyl (C=O) groups excluding carboxylic acids is 1. The number of pyridine rings is 1. The van der Waals surface area contributed by atoms with Gasteiger partial charge in [0.1, 0.15) is 11.6 Å². The minimum absolute atomic E-state index is 0. The summed E-state index contributed by atoms with van der Waals surface area (Å²) in [6.45, 7) is 2.50. The van der Waals surface area contributed by atoms with Crippen LogP contribution < -0.4 is 10.2 Å². The molecule has 8 heteroatoms. The fraction of sp³-hybridized carbons (Fsp3) is 0.250. The number of amides is 2. The predicted molar refractivity (Wildman–Crippen MR) is 97.3 cm³/mol. The molecule has 1 saturated heterocycles. The summed E-state index contributed by atoms with van der Waals surface area (Å²) in [7, 11) is 0. The van der Waals surface area contributed by atoms with Crippen molar-refractivity contribution in [3.05, 3.63) is 46.6 Å². The lowest BCUT2D eigenvalue weighted by atomic mass is 10.2. The summed E-state index contributed by atoms with van der Waals surface area (Å²) in [4.78, 5) is 20.0. The number of halogens is 2. The zero-order valence-electron chi connectivity index (χ0n) is 12.7. The third kappa shape index (κ3) is 3.83. The molecule has 1 aromatic heterocycles. The second-order valence-corrected chi connectivity index (χ2v) is 6.25. The number of urea groups is 1. The summed E-state index contributed by atoms with van der Waals surface area (Å²) in [5.74, 6) is 0.461. The normalized spacial score (nSPS) is 14.6. The average Bonchev–Trinajstić information content (AvgIpc) is 2.57. The van der Waals surface area contributed by atoms with Crippen molar-refractivity contribution in [2.45, 2.75) is 0 Å². The lowest BCUT2D eigenvalue weighted by Gasteiger charge is -2.36. The van der Waals surface area contributed by atoms with Crippen LogP contribution in [-0.2, 0) is 0 Å². The van der Waals surface area contributed by atoms with E-state index in [1.807, 2.05) is 6.07 Å². The van der Waals surface area contributed by atoms with Crippen molar-refractivity contribution in [3.8, 4) is 5.75 Å². The molecule has 1 aliphatic heterocycles. The van der Waals surface area contributed by atoms with Crippen LogP contribution in [0.4, 0.5) is 16.3 Å². The second-order valence-electron chi connectivity index (χ2n) is 5.40. The maximum Gasteiger partial charge on any atom is 0.323 e. The largest absolute Gasteiger partial charge is 0.506 e. The SMILES string of the molecule is O=C(Nc1ccc(O)cn1)N1CCN(c2ccc(Cl)cc2Cl)CC1.[HH]. The standard InChI is InChI=1S/C16H16Cl2N4O2.H2/c17-11-1-3-14(13(18)9-11)21-5-7-22(8-6-21)16(24)20-15-4-2-12(23)10-19-15;/h1-4,9-10,23H,5-8H2,(H,19,20,24);1H. The fourth-order valence-corrected chi connectivity index (χ4v) is 3.06. The Kier molecular flexibility index (Phi) is 4.97. The van der Waals surface area contributed by atoms with E-state index in [2.05, 4.69) is 15.2 Å². The number of aromatic nitrogens is 1. The van der Waals surface area contributed by atoms with Gasteiger partial charge in [0.2, 0.25) is 0 Å². The van der Waals surface area contributed by atoms with E-state index >= 15 is 0 Å². The van der Waals surface area contributed by atoms with Crippen molar-refractivity contribution in [1.29, 1.82) is 0 Å². The van der Waals surface area contributed by atoms with E-state index in [-0.39, 0.29) is 13.2 Å². The van der Waals surface area contributed by atoms with E-state index in [0.717, 1.165) is 5.69 Å². The lowest BCUT2D eigenvalue weighted by molar-refractivity contribution is 0.208. The summed E-state index contributed by atoms with van der Waals surface area (Å²) in [5, 5.41) is 13.1. The Labute approximate surface area is 151 Å². The molecule has 2 N–H and O–H groups in total. The quantitative estimate of drug-likeness (QED) is 0.847. The zero-order valence-corrected chi connectivity index (χ0v) is 14.3. The second kappa shape index (κ2) is 7.15. The summed E-state index contributed by atoms with van der Waals surface area (Å²) in [6.07, 6.45) is 1.29. The molecule has 1 aliphatic rings. The molecule has 2 amide bonds. The van der Waals surface area contributed by atoms with Crippen molar-refractivity contribution < 1.29 is 11.3 Å². The molecule has 0 spiro atoms. The van der Waals surface area contributed by atoms with Crippen molar-refractivity contribution >= 4 is 40.7 Å². The molecule has 1 fully saturated rings. The van der Waals surface area contributed by atoms with Gasteiger partial charge in [-0.15, -0.1) is 0 Å². The van der Waals surface area contributed by atoms with Gasteiger partial charge in [0.05, 0.1) is 16.9 Å². The van der Waals surface area contributed by atoms with Crippen LogP contribution in [-0.4, -0.2) is 47.2 Å². The number of piperazine rings is 1. The maximum absolute atomic E-state index is 12.3. The molecular weight excluding hydrogens is 351 g/mol. The van der Waals surface area contributed by atoms with E-state index in [9.17, 15) is 9.90 Å². The summed E-state index contributed by atoms with van der Waals surface area (Å²) < 4.78 is 0. The first-order valence-corrected chi connectivity index (χ1v) is 8.19. The highest BCUT2D eigenvalue weighted by Crippen LogP contribution is 2.29. The van der Waals surface area contributed by atoms with Crippen LogP contribution in [0.2, 0.25) is 10.0 Å². The Bertz CT molecular complexity index is 737. The fourth-order valence-electron chi connectivity index (χ4n) is 2.54. The molecule has 128 valence electrons. The number of nitrogens with zero attached hydrogens (tertiary/aromatic N) is 3. The number of nitrogens with one attached hydrogen (secondary N) is 1. The number of aromatic hydroxyl groups is 1. The van der Waals surface area contributed by atoms with Crippen LogP contribution in [0.3, 0.4) is 0 Å². The van der Waals surface area contributed by atoms with Crippen LogP contribution in [0.15, 0.2) is 36.5 Å². The molecule has 0 aliphatic carbocycles. The highest BCUT2D eigenvalue weighted by molar-refractivity contribution is 6.36. The third-order valence-corrected chi connectivity index (χ3v) is 4.34. The molecule has 0 atom stereocenters. The van der Waals surface area contributed by atoms with Gasteiger partial charge in [-0.1, -0.05) is 23.2 Å². The van der Waals surface area contributed by atoms with Crippen molar-refractivity contribution in [1.82, 2.24) is 9.88 Å². The summed E-state index contributed by atoms with van der Waals surface area (Å²) >= 11 is 12.2. The van der Waals surface area contributed by atoms with Gasteiger partial charge in [0, 0.05) is 32.6 Å². The van der Waals surface area contributed by atoms with Crippen LogP contribution in [0.1, 0.15) is 1.43 Å². The molecule has 6 nitrogen and oxygen atoms in total. The first-order chi connectivity index (χ1) is 11.5. The van der Waals surface area contributed by atoms with Crippen LogP contribution in [0, 0.1) is 0 Å². The van der Waals surface area contributed by atoms with E-state index in [1.165, 1.54) is 12.3 Å². The number of rotatable bonds is 2. The van der Waals surface area contributed by atoms with E-state index in [0.29, 0.717) is 42.0 Å². The average molecular weight is 369 g/mol. The van der Waals surface area contributed by atoms with Gasteiger partial charge >= 0.3 is 6.03 Å². The summed E-state index contributed by atoms with van der Waals surface area (Å²) in [6, 6.07) is 8.22. The van der Waals surface area contributed by atoms with Crippen LogP contribution in [0.5, 0.6) is 5.75 Å². The molecule has 2 heterocycles. The van der Waals surface area contributed by atoms with Crippen LogP contribution in [0.25, 0.3) is 0 Å². The number of benzene rings is 1. The van der Waals surface area contributed by atoms with Gasteiger partial charge in [-0.25, -0.2) is 9.78 Å². The van der Waals surface area contributed by atoms with Crippen molar-refractivity contribution in [2.24, 2.45) is 0 Å². The Hall–Kier alpha value is -2.18. The molecule has 1 aromatic carbocycles. The minimum atomic E-state index is -0.213. The highest BCUT2D eigenvalue weighted by Gasteiger charge is 2.22. The lowest BCUT2D eigenvalue weighted by Crippen LogP contribution is -2.50. The topological polar surface area (TPSA) is 68.7 Å². The van der Waals surface area contributed by atoms with E-state index in [4.69, 9.17) is 23.2 Å². The molecule has 0 bridgehead atoms. The minimum Gasteiger partial charge on any atom is -0.506 e. The highest BCUT2D eigenvalue weighted by atomic mass is 35.5. The van der Waals surface area contributed by atoms with Gasteiger partial charge in [0.15, 0.2) is 0 Å². The monoisotopic (exact) mass is 368 g/mol. The molecular formula is C16H18Cl2N4O2. The van der Waals surface area contributed by atoms with Gasteiger partial charge < -0.3 is 14.9 Å². The number of hydrogen-bond donors (Lipinski definition) is 2. The van der Waals surface area contributed by atoms with Gasteiger partial charge in [-0.3, -0.25) is 5.32 Å². The number of hydrogen-bond acceptors (Lipinski definition) is 4. The Morgan fingerprint density at radius 2 is 1.92 bits per heavy atom. The molecule has 2 aromatic rings. The van der Waals surface area contributed by atoms with Gasteiger partial charge in [-0.2, -0.15) is 0 Å². The Balaban J connectivity index is 0.00000225. The number of anilines is 2. The molecule has 3 rings (SSSR count). The van der Waals surface area contributed by atoms with Gasteiger partial charge in [0.25, 0.3) is 0 Å². The summed E-state index contributed by atoms with van der Waals surface area (Å²) in [5.41, 5.74) is 0.918. The molecule has 0 radical (unpaired) electrons. The maximum atomic E-state index is 12.3. The Morgan fingerprint density at radius 1 is 1.17 bits per heavy atom. The van der Waals surface area contributed by atoms with Crippen LogP contribution >= 0.6 is 23.2 Å². The first kappa shape index (κ1) is 16.7. The number of carbonyl (C=O) groups is 1. The van der Waals surface area contributed by atoms with Crippen molar-refractivity contribution in [2.75, 3.05) is 36.4 Å². The van der Waals surface area contributed by atoms with Crippen molar-refractivity contribution in [3.63, 3.8) is 0 Å². The Morgan fingerprint density at radius 3 is 2.54 bits per heavy atom. The zero-order chi connectivity index (χ0) is 17.1. The molecule has 0 saturated carbocycles. The van der Waals surface area contributed by atoms with E-state index in [1.54, 1.807) is 23.1 Å². The molecule has 0 unspecified atom stereocenters. The van der Waals surface area contributed by atoms with E-state index < -0.39 is 0 Å². The predicted octanol–water partition coefficient (Wildman–Crippen LogP) is 3.69. The van der Waals surface area contributed by atoms with Gasteiger partial charge in [-0.05, 0) is 30.3 Å². The first-order valence-electron chi connectivity index (χ1n) is 7.44. The molecule has 24 heavy (non-hydrogen) atoms. The smallest absolute Gasteiger partial charge is 0.323 e.